The van der Waals surface area contributed by atoms with Gasteiger partial charge < -0.3 is 10.6 Å². The fourth-order valence-corrected chi connectivity index (χ4v) is 3.08. The van der Waals surface area contributed by atoms with Crippen molar-refractivity contribution in [2.24, 2.45) is 11.7 Å². The molecule has 18 heavy (non-hydrogen) atoms. The van der Waals surface area contributed by atoms with Crippen molar-refractivity contribution in [3.63, 3.8) is 0 Å². The predicted octanol–water partition coefficient (Wildman–Crippen LogP) is 1.88. The van der Waals surface area contributed by atoms with Crippen molar-refractivity contribution >= 4 is 11.6 Å². The van der Waals surface area contributed by atoms with Gasteiger partial charge in [-0.2, -0.15) is 0 Å². The molecule has 0 saturated carbocycles. The Bertz CT molecular complexity index is 470. The van der Waals surface area contributed by atoms with Gasteiger partial charge in [-0.15, -0.1) is 0 Å². The molecule has 1 heterocycles. The number of carbonyl (C=O) groups is 1. The summed E-state index contributed by atoms with van der Waals surface area (Å²) in [7, 11) is 0. The first-order chi connectivity index (χ1) is 8.78. The third-order valence-corrected chi connectivity index (χ3v) is 4.18. The maximum absolute atomic E-state index is 12.0. The maximum Gasteiger partial charge on any atom is 0.227 e. The molecule has 1 amide bonds. The van der Waals surface area contributed by atoms with Crippen LogP contribution in [0.2, 0.25) is 0 Å². The second-order valence-electron chi connectivity index (χ2n) is 5.47. The molecular formula is C15H20N2O. The summed E-state index contributed by atoms with van der Waals surface area (Å²) in [5, 5.41) is 0. The van der Waals surface area contributed by atoms with E-state index in [0.29, 0.717) is 18.9 Å². The van der Waals surface area contributed by atoms with Gasteiger partial charge >= 0.3 is 0 Å². The van der Waals surface area contributed by atoms with E-state index in [1.807, 2.05) is 4.90 Å². The zero-order valence-corrected chi connectivity index (χ0v) is 10.7. The van der Waals surface area contributed by atoms with Crippen molar-refractivity contribution in [2.75, 3.05) is 18.0 Å². The SMILES string of the molecule is NCC1CC(=O)N(c2ccc3c(c2)CCCC3)C1. The molecule has 0 aromatic heterocycles. The van der Waals surface area contributed by atoms with Crippen molar-refractivity contribution in [1.29, 1.82) is 0 Å². The number of carbonyl (C=O) groups excluding carboxylic acids is 1. The molecule has 0 spiro atoms. The summed E-state index contributed by atoms with van der Waals surface area (Å²) >= 11 is 0. The van der Waals surface area contributed by atoms with Gasteiger partial charge in [-0.25, -0.2) is 0 Å². The number of hydrogen-bond donors (Lipinski definition) is 1. The molecule has 1 atom stereocenters. The van der Waals surface area contributed by atoms with Gasteiger partial charge in [0.15, 0.2) is 0 Å². The fourth-order valence-electron chi connectivity index (χ4n) is 3.08. The van der Waals surface area contributed by atoms with Gasteiger partial charge in [-0.1, -0.05) is 6.07 Å². The van der Waals surface area contributed by atoms with Gasteiger partial charge in [-0.05, 0) is 61.4 Å². The summed E-state index contributed by atoms with van der Waals surface area (Å²) in [6, 6.07) is 6.51. The van der Waals surface area contributed by atoms with Gasteiger partial charge in [0.25, 0.3) is 0 Å². The summed E-state index contributed by atoms with van der Waals surface area (Å²) < 4.78 is 0. The molecular weight excluding hydrogens is 224 g/mol. The third-order valence-electron chi connectivity index (χ3n) is 4.18. The van der Waals surface area contributed by atoms with Crippen LogP contribution >= 0.6 is 0 Å². The standard InChI is InChI=1S/C15H20N2O/c16-9-11-7-15(18)17(10-11)14-6-5-12-3-1-2-4-13(12)8-14/h5-6,8,11H,1-4,7,9-10,16H2. The molecule has 1 fully saturated rings. The predicted molar refractivity (Wildman–Crippen MR) is 72.6 cm³/mol. The van der Waals surface area contributed by atoms with Crippen molar-refractivity contribution in [1.82, 2.24) is 0 Å². The van der Waals surface area contributed by atoms with E-state index < -0.39 is 0 Å². The average molecular weight is 244 g/mol. The topological polar surface area (TPSA) is 46.3 Å². The molecule has 0 bridgehead atoms. The van der Waals surface area contributed by atoms with Crippen molar-refractivity contribution in [3.8, 4) is 0 Å². The molecule has 1 aromatic carbocycles. The minimum atomic E-state index is 0.223. The van der Waals surface area contributed by atoms with E-state index in [9.17, 15) is 4.79 Å². The highest BCUT2D eigenvalue weighted by Gasteiger charge is 2.29. The van der Waals surface area contributed by atoms with Crippen LogP contribution in [0.1, 0.15) is 30.4 Å². The molecule has 1 unspecified atom stereocenters. The van der Waals surface area contributed by atoms with Crippen LogP contribution in [0.3, 0.4) is 0 Å². The minimum Gasteiger partial charge on any atom is -0.330 e. The number of aryl methyl sites for hydroxylation is 2. The van der Waals surface area contributed by atoms with Crippen LogP contribution < -0.4 is 10.6 Å². The first-order valence-corrected chi connectivity index (χ1v) is 6.90. The average Bonchev–Trinajstić information content (AvgIpc) is 2.79. The zero-order valence-electron chi connectivity index (χ0n) is 10.7. The van der Waals surface area contributed by atoms with Crippen LogP contribution in [0.25, 0.3) is 0 Å². The molecule has 1 aliphatic carbocycles. The molecule has 3 nitrogen and oxygen atoms in total. The van der Waals surface area contributed by atoms with E-state index in [4.69, 9.17) is 5.73 Å². The Hall–Kier alpha value is -1.35. The van der Waals surface area contributed by atoms with Crippen molar-refractivity contribution < 1.29 is 4.79 Å². The minimum absolute atomic E-state index is 0.223. The van der Waals surface area contributed by atoms with Crippen LogP contribution in [0.15, 0.2) is 18.2 Å². The zero-order chi connectivity index (χ0) is 12.5. The van der Waals surface area contributed by atoms with Crippen molar-refractivity contribution in [3.05, 3.63) is 29.3 Å². The number of amides is 1. The Morgan fingerprint density at radius 1 is 1.22 bits per heavy atom. The Morgan fingerprint density at radius 3 is 2.72 bits per heavy atom. The molecule has 1 saturated heterocycles. The van der Waals surface area contributed by atoms with Gasteiger partial charge in [-0.3, -0.25) is 4.79 Å². The number of nitrogens with zero attached hydrogens (tertiary/aromatic N) is 1. The lowest BCUT2D eigenvalue weighted by molar-refractivity contribution is -0.117. The van der Waals surface area contributed by atoms with E-state index in [1.165, 1.54) is 30.4 Å². The van der Waals surface area contributed by atoms with Crippen LogP contribution in [0.5, 0.6) is 0 Å². The molecule has 2 aliphatic rings. The van der Waals surface area contributed by atoms with E-state index in [1.54, 1.807) is 0 Å². The first-order valence-electron chi connectivity index (χ1n) is 6.90. The number of benzene rings is 1. The van der Waals surface area contributed by atoms with Crippen LogP contribution in [-0.2, 0) is 17.6 Å². The monoisotopic (exact) mass is 244 g/mol. The van der Waals surface area contributed by atoms with E-state index in [2.05, 4.69) is 18.2 Å². The molecule has 3 rings (SSSR count). The Labute approximate surface area is 108 Å². The molecule has 1 aliphatic heterocycles. The first kappa shape index (κ1) is 11.7. The van der Waals surface area contributed by atoms with Gasteiger partial charge in [0.05, 0.1) is 0 Å². The van der Waals surface area contributed by atoms with Gasteiger partial charge in [0.2, 0.25) is 5.91 Å². The highest BCUT2D eigenvalue weighted by Crippen LogP contribution is 2.29. The summed E-state index contributed by atoms with van der Waals surface area (Å²) in [5.74, 6) is 0.551. The van der Waals surface area contributed by atoms with Crippen LogP contribution in [0.4, 0.5) is 5.69 Å². The number of hydrogen-bond acceptors (Lipinski definition) is 2. The lowest BCUT2D eigenvalue weighted by Gasteiger charge is -2.21. The molecule has 2 N–H and O–H groups in total. The highest BCUT2D eigenvalue weighted by molar-refractivity contribution is 5.95. The normalized spacial score (nSPS) is 23.3. The fraction of sp³-hybridized carbons (Fsp3) is 0.533. The summed E-state index contributed by atoms with van der Waals surface area (Å²) in [4.78, 5) is 13.9. The van der Waals surface area contributed by atoms with Gasteiger partial charge in [0, 0.05) is 18.7 Å². The molecule has 1 aromatic rings. The quantitative estimate of drug-likeness (QED) is 0.863. The number of fused-ring (bicyclic) bond motifs is 1. The number of anilines is 1. The Morgan fingerprint density at radius 2 is 2.00 bits per heavy atom. The Kier molecular flexibility index (Phi) is 3.08. The van der Waals surface area contributed by atoms with E-state index in [-0.39, 0.29) is 5.91 Å². The van der Waals surface area contributed by atoms with Crippen molar-refractivity contribution in [2.45, 2.75) is 32.1 Å². The lowest BCUT2D eigenvalue weighted by atomic mass is 9.91. The summed E-state index contributed by atoms with van der Waals surface area (Å²) in [6.45, 7) is 1.39. The van der Waals surface area contributed by atoms with E-state index in [0.717, 1.165) is 18.7 Å². The van der Waals surface area contributed by atoms with Gasteiger partial charge in [0.1, 0.15) is 0 Å². The number of rotatable bonds is 2. The second kappa shape index (κ2) is 4.73. The number of nitrogens with two attached hydrogens (primary N) is 1. The summed E-state index contributed by atoms with van der Waals surface area (Å²) in [6.07, 6.45) is 5.52. The maximum atomic E-state index is 12.0. The molecule has 0 radical (unpaired) electrons. The molecule has 3 heteroatoms. The van der Waals surface area contributed by atoms with Crippen LogP contribution in [-0.4, -0.2) is 19.0 Å². The third kappa shape index (κ3) is 2.03. The summed E-state index contributed by atoms with van der Waals surface area (Å²) in [5.41, 5.74) is 9.63. The largest absolute Gasteiger partial charge is 0.330 e. The highest BCUT2D eigenvalue weighted by atomic mass is 16.2. The Balaban J connectivity index is 1.86. The molecule has 96 valence electrons. The van der Waals surface area contributed by atoms with E-state index >= 15 is 0 Å². The lowest BCUT2D eigenvalue weighted by Crippen LogP contribution is -2.26. The smallest absolute Gasteiger partial charge is 0.227 e. The van der Waals surface area contributed by atoms with Crippen LogP contribution in [0, 0.1) is 5.92 Å². The second-order valence-corrected chi connectivity index (χ2v) is 5.47.